The number of rotatable bonds is 3. The Labute approximate surface area is 116 Å². The van der Waals surface area contributed by atoms with Crippen molar-refractivity contribution in [2.24, 2.45) is 10.9 Å². The van der Waals surface area contributed by atoms with Gasteiger partial charge in [0.1, 0.15) is 11.3 Å². The predicted octanol–water partition coefficient (Wildman–Crippen LogP) is 2.08. The number of aromatic nitrogens is 1. The first-order chi connectivity index (χ1) is 9.49. The van der Waals surface area contributed by atoms with E-state index >= 15 is 0 Å². The van der Waals surface area contributed by atoms with Gasteiger partial charge >= 0.3 is 5.97 Å². The van der Waals surface area contributed by atoms with Crippen molar-refractivity contribution < 1.29 is 14.2 Å². The Hall–Kier alpha value is -2.63. The molecule has 0 saturated heterocycles. The maximum atomic E-state index is 11.9. The molecule has 0 amide bonds. The van der Waals surface area contributed by atoms with Crippen LogP contribution < -0.4 is 5.73 Å². The molecule has 0 spiro atoms. The zero-order valence-electron chi connectivity index (χ0n) is 11.5. The Morgan fingerprint density at radius 2 is 2.10 bits per heavy atom. The summed E-state index contributed by atoms with van der Waals surface area (Å²) in [6.07, 6.45) is 0. The number of hydrogen-bond donors (Lipinski definition) is 1. The van der Waals surface area contributed by atoms with Crippen molar-refractivity contribution >= 4 is 11.8 Å². The molecular weight excluding hydrogens is 258 g/mol. The van der Waals surface area contributed by atoms with E-state index in [0.717, 1.165) is 5.56 Å². The minimum absolute atomic E-state index is 0.133. The van der Waals surface area contributed by atoms with Crippen LogP contribution in [0.4, 0.5) is 0 Å². The van der Waals surface area contributed by atoms with Gasteiger partial charge in [-0.25, -0.2) is 4.79 Å². The highest BCUT2D eigenvalue weighted by Crippen LogP contribution is 2.13. The fraction of sp³-hybridized carbons (Fsp3) is 0.214. The minimum atomic E-state index is -0.642. The SMILES string of the molecule is Cc1cccc(/C(N)=N/OC(=O)c2c(C)noc2C)c1. The zero-order valence-corrected chi connectivity index (χ0v) is 11.5. The molecule has 0 radical (unpaired) electrons. The summed E-state index contributed by atoms with van der Waals surface area (Å²) in [6, 6.07) is 7.42. The van der Waals surface area contributed by atoms with Crippen molar-refractivity contribution in [2.75, 3.05) is 0 Å². The maximum absolute atomic E-state index is 11.9. The topological polar surface area (TPSA) is 90.7 Å². The van der Waals surface area contributed by atoms with Crippen LogP contribution in [0.15, 0.2) is 33.9 Å². The van der Waals surface area contributed by atoms with Gasteiger partial charge in [-0.15, -0.1) is 0 Å². The number of hydrogen-bond acceptors (Lipinski definition) is 5. The van der Waals surface area contributed by atoms with E-state index in [0.29, 0.717) is 17.0 Å². The molecule has 1 aromatic carbocycles. The third-order valence-corrected chi connectivity index (χ3v) is 2.78. The molecule has 0 bridgehead atoms. The average Bonchev–Trinajstić information content (AvgIpc) is 2.75. The summed E-state index contributed by atoms with van der Waals surface area (Å²) in [7, 11) is 0. The lowest BCUT2D eigenvalue weighted by Crippen LogP contribution is -2.15. The van der Waals surface area contributed by atoms with Gasteiger partial charge in [-0.2, -0.15) is 0 Å². The summed E-state index contributed by atoms with van der Waals surface area (Å²) >= 11 is 0. The van der Waals surface area contributed by atoms with Crippen LogP contribution in [-0.2, 0) is 4.84 Å². The summed E-state index contributed by atoms with van der Waals surface area (Å²) in [6.45, 7) is 5.22. The van der Waals surface area contributed by atoms with E-state index < -0.39 is 5.97 Å². The molecule has 0 aliphatic heterocycles. The molecule has 2 rings (SSSR count). The standard InChI is InChI=1S/C14H15N3O3/c1-8-5-4-6-11(7-8)13(15)17-20-14(18)12-9(2)16-19-10(12)3/h4-7H,1-3H3,(H2,15,17). The minimum Gasteiger partial charge on any atom is -0.380 e. The highest BCUT2D eigenvalue weighted by atomic mass is 16.7. The normalized spacial score (nSPS) is 11.4. The van der Waals surface area contributed by atoms with Crippen LogP contribution in [0.5, 0.6) is 0 Å². The first-order valence-corrected chi connectivity index (χ1v) is 6.03. The molecule has 0 saturated carbocycles. The Kier molecular flexibility index (Phi) is 3.84. The summed E-state index contributed by atoms with van der Waals surface area (Å²) in [5, 5.41) is 7.33. The van der Waals surface area contributed by atoms with Gasteiger partial charge in [-0.05, 0) is 26.8 Å². The first-order valence-electron chi connectivity index (χ1n) is 6.03. The Balaban J connectivity index is 2.15. The van der Waals surface area contributed by atoms with E-state index in [4.69, 9.17) is 15.1 Å². The zero-order chi connectivity index (χ0) is 14.7. The van der Waals surface area contributed by atoms with Crippen molar-refractivity contribution in [3.8, 4) is 0 Å². The largest absolute Gasteiger partial charge is 0.380 e. The van der Waals surface area contributed by atoms with Gasteiger partial charge < -0.3 is 15.1 Å². The molecule has 6 nitrogen and oxygen atoms in total. The van der Waals surface area contributed by atoms with Gasteiger partial charge in [0.05, 0.1) is 5.69 Å². The summed E-state index contributed by atoms with van der Waals surface area (Å²) in [5.41, 5.74) is 8.23. The van der Waals surface area contributed by atoms with Gasteiger partial charge in [0.15, 0.2) is 5.84 Å². The second-order valence-corrected chi connectivity index (χ2v) is 4.42. The van der Waals surface area contributed by atoms with Gasteiger partial charge in [-0.1, -0.05) is 34.1 Å². The van der Waals surface area contributed by atoms with Gasteiger partial charge in [-0.3, -0.25) is 0 Å². The van der Waals surface area contributed by atoms with Crippen molar-refractivity contribution in [2.45, 2.75) is 20.8 Å². The highest BCUT2D eigenvalue weighted by molar-refractivity contribution is 5.98. The number of benzene rings is 1. The Morgan fingerprint density at radius 3 is 2.70 bits per heavy atom. The van der Waals surface area contributed by atoms with Crippen LogP contribution in [-0.4, -0.2) is 17.0 Å². The number of aryl methyl sites for hydroxylation is 3. The van der Waals surface area contributed by atoms with Crippen molar-refractivity contribution in [3.63, 3.8) is 0 Å². The van der Waals surface area contributed by atoms with E-state index in [2.05, 4.69) is 10.3 Å². The fourth-order valence-electron chi connectivity index (χ4n) is 1.77. The molecule has 2 aromatic rings. The highest BCUT2D eigenvalue weighted by Gasteiger charge is 2.19. The lowest BCUT2D eigenvalue weighted by molar-refractivity contribution is 0.0513. The first kappa shape index (κ1) is 13.8. The molecule has 104 valence electrons. The molecule has 0 aliphatic rings. The Morgan fingerprint density at radius 1 is 1.35 bits per heavy atom. The van der Waals surface area contributed by atoms with E-state index in [9.17, 15) is 4.79 Å². The molecule has 6 heteroatoms. The second-order valence-electron chi connectivity index (χ2n) is 4.42. The van der Waals surface area contributed by atoms with E-state index in [1.165, 1.54) is 0 Å². The molecule has 1 heterocycles. The monoisotopic (exact) mass is 273 g/mol. The molecule has 20 heavy (non-hydrogen) atoms. The van der Waals surface area contributed by atoms with Crippen molar-refractivity contribution in [1.29, 1.82) is 0 Å². The molecule has 1 aromatic heterocycles. The van der Waals surface area contributed by atoms with E-state index in [1.807, 2.05) is 25.1 Å². The second kappa shape index (κ2) is 5.56. The van der Waals surface area contributed by atoms with Crippen LogP contribution >= 0.6 is 0 Å². The molecule has 0 fully saturated rings. The number of oxime groups is 1. The van der Waals surface area contributed by atoms with E-state index in [-0.39, 0.29) is 11.4 Å². The molecule has 0 unspecified atom stereocenters. The smallest absolute Gasteiger partial charge is 0.371 e. The lowest BCUT2D eigenvalue weighted by Gasteiger charge is -2.02. The van der Waals surface area contributed by atoms with Gasteiger partial charge in [0.2, 0.25) is 0 Å². The third kappa shape index (κ3) is 2.85. The number of carbonyl (C=O) groups is 1. The molecule has 2 N–H and O–H groups in total. The van der Waals surface area contributed by atoms with Crippen LogP contribution in [0.2, 0.25) is 0 Å². The number of amidine groups is 1. The van der Waals surface area contributed by atoms with Crippen molar-refractivity contribution in [3.05, 3.63) is 52.4 Å². The maximum Gasteiger partial charge on any atom is 0.371 e. The third-order valence-electron chi connectivity index (χ3n) is 2.78. The molecule has 0 atom stereocenters. The average molecular weight is 273 g/mol. The van der Waals surface area contributed by atoms with Crippen molar-refractivity contribution in [1.82, 2.24) is 5.16 Å². The fourth-order valence-corrected chi connectivity index (χ4v) is 1.77. The quantitative estimate of drug-likeness (QED) is 0.400. The Bertz CT molecular complexity index is 655. The van der Waals surface area contributed by atoms with Crippen LogP contribution in [0.3, 0.4) is 0 Å². The molecule has 0 aliphatic carbocycles. The number of nitrogens with two attached hydrogens (primary N) is 1. The van der Waals surface area contributed by atoms with Crippen LogP contribution in [0.1, 0.15) is 32.9 Å². The predicted molar refractivity (Wildman–Crippen MR) is 73.3 cm³/mol. The number of nitrogens with zero attached hydrogens (tertiary/aromatic N) is 2. The summed E-state index contributed by atoms with van der Waals surface area (Å²) < 4.78 is 4.89. The van der Waals surface area contributed by atoms with Crippen LogP contribution in [0, 0.1) is 20.8 Å². The number of carbonyl (C=O) groups excluding carboxylic acids is 1. The van der Waals surface area contributed by atoms with Gasteiger partial charge in [0.25, 0.3) is 0 Å². The lowest BCUT2D eigenvalue weighted by atomic mass is 10.1. The van der Waals surface area contributed by atoms with Gasteiger partial charge in [0, 0.05) is 5.56 Å². The van der Waals surface area contributed by atoms with Crippen LogP contribution in [0.25, 0.3) is 0 Å². The van der Waals surface area contributed by atoms with E-state index in [1.54, 1.807) is 19.9 Å². The molecular formula is C14H15N3O3. The summed E-state index contributed by atoms with van der Waals surface area (Å²) in [5.74, 6) is -0.123. The summed E-state index contributed by atoms with van der Waals surface area (Å²) in [4.78, 5) is 16.7.